The number of amides is 1. The van der Waals surface area contributed by atoms with Gasteiger partial charge in [0.1, 0.15) is 5.75 Å². The summed E-state index contributed by atoms with van der Waals surface area (Å²) in [6.07, 6.45) is 1.39. The number of aryl methyl sites for hydroxylation is 2. The van der Waals surface area contributed by atoms with Crippen molar-refractivity contribution in [2.45, 2.75) is 40.5 Å². The maximum absolute atomic E-state index is 12.1. The fourth-order valence-electron chi connectivity index (χ4n) is 2.33. The van der Waals surface area contributed by atoms with Crippen molar-refractivity contribution in [2.24, 2.45) is 17.6 Å². The highest BCUT2D eigenvalue weighted by Crippen LogP contribution is 2.25. The van der Waals surface area contributed by atoms with Crippen LogP contribution in [-0.4, -0.2) is 17.6 Å². The number of nitrogens with two attached hydrogens (primary N) is 1. The predicted octanol–water partition coefficient (Wildman–Crippen LogP) is 2.96. The van der Waals surface area contributed by atoms with Gasteiger partial charge in [-0.2, -0.15) is 0 Å². The Labute approximate surface area is 121 Å². The summed E-state index contributed by atoms with van der Waals surface area (Å²) in [4.78, 5) is 12.1. The van der Waals surface area contributed by atoms with Crippen LogP contribution in [0.3, 0.4) is 0 Å². The second-order valence-electron chi connectivity index (χ2n) is 5.94. The highest BCUT2D eigenvalue weighted by molar-refractivity contribution is 5.91. The Hall–Kier alpha value is -1.55. The van der Waals surface area contributed by atoms with Gasteiger partial charge in [-0.05, 0) is 61.9 Å². The van der Waals surface area contributed by atoms with Crippen molar-refractivity contribution in [3.63, 3.8) is 0 Å². The molecule has 0 aromatic heterocycles. The van der Waals surface area contributed by atoms with Gasteiger partial charge in [0.05, 0.1) is 0 Å². The van der Waals surface area contributed by atoms with Crippen LogP contribution in [0.15, 0.2) is 12.1 Å². The van der Waals surface area contributed by atoms with Crippen molar-refractivity contribution >= 4 is 11.6 Å². The van der Waals surface area contributed by atoms with Gasteiger partial charge in [0.2, 0.25) is 5.91 Å². The fourth-order valence-corrected chi connectivity index (χ4v) is 2.33. The van der Waals surface area contributed by atoms with E-state index >= 15 is 0 Å². The zero-order valence-corrected chi connectivity index (χ0v) is 12.9. The van der Waals surface area contributed by atoms with Crippen LogP contribution in [0.2, 0.25) is 0 Å². The zero-order valence-electron chi connectivity index (χ0n) is 12.9. The maximum Gasteiger partial charge on any atom is 0.224 e. The molecule has 112 valence electrons. The summed E-state index contributed by atoms with van der Waals surface area (Å²) in [6.45, 7) is 8.47. The zero-order chi connectivity index (χ0) is 15.3. The van der Waals surface area contributed by atoms with E-state index in [1.165, 1.54) is 0 Å². The summed E-state index contributed by atoms with van der Waals surface area (Å²) < 4.78 is 0. The topological polar surface area (TPSA) is 75.4 Å². The normalized spacial score (nSPS) is 12.5. The molecule has 1 aromatic carbocycles. The van der Waals surface area contributed by atoms with E-state index in [0.29, 0.717) is 18.9 Å². The third-order valence-electron chi connectivity index (χ3n) is 3.43. The third kappa shape index (κ3) is 4.85. The van der Waals surface area contributed by atoms with E-state index in [2.05, 4.69) is 19.2 Å². The molecule has 4 heteroatoms. The van der Waals surface area contributed by atoms with Crippen LogP contribution in [0.5, 0.6) is 5.75 Å². The van der Waals surface area contributed by atoms with E-state index in [1.54, 1.807) is 12.1 Å². The smallest absolute Gasteiger partial charge is 0.224 e. The molecule has 4 nitrogen and oxygen atoms in total. The Kier molecular flexibility index (Phi) is 6.02. The van der Waals surface area contributed by atoms with E-state index in [-0.39, 0.29) is 17.6 Å². The molecular formula is C16H26N2O2. The van der Waals surface area contributed by atoms with Crippen molar-refractivity contribution in [1.82, 2.24) is 0 Å². The summed E-state index contributed by atoms with van der Waals surface area (Å²) in [5, 5.41) is 12.5. The SMILES string of the molecule is Cc1cc(NC(=O)CC(CN)CC(C)C)c(C)cc1O. The number of carbonyl (C=O) groups is 1. The molecule has 1 atom stereocenters. The summed E-state index contributed by atoms with van der Waals surface area (Å²) in [7, 11) is 0. The fraction of sp³-hybridized carbons (Fsp3) is 0.562. The van der Waals surface area contributed by atoms with Gasteiger partial charge in [-0.25, -0.2) is 0 Å². The lowest BCUT2D eigenvalue weighted by molar-refractivity contribution is -0.117. The lowest BCUT2D eigenvalue weighted by atomic mass is 9.94. The van der Waals surface area contributed by atoms with Crippen molar-refractivity contribution < 1.29 is 9.90 Å². The van der Waals surface area contributed by atoms with Gasteiger partial charge in [-0.1, -0.05) is 13.8 Å². The second-order valence-corrected chi connectivity index (χ2v) is 5.94. The van der Waals surface area contributed by atoms with Crippen molar-refractivity contribution in [3.8, 4) is 5.75 Å². The van der Waals surface area contributed by atoms with Crippen LogP contribution >= 0.6 is 0 Å². The van der Waals surface area contributed by atoms with Crippen LogP contribution in [0, 0.1) is 25.7 Å². The molecule has 4 N–H and O–H groups in total. The minimum Gasteiger partial charge on any atom is -0.508 e. The largest absolute Gasteiger partial charge is 0.508 e. The summed E-state index contributed by atoms with van der Waals surface area (Å²) in [5.74, 6) is 0.983. The lowest BCUT2D eigenvalue weighted by Crippen LogP contribution is -2.23. The minimum atomic E-state index is -0.0192. The summed E-state index contributed by atoms with van der Waals surface area (Å²) >= 11 is 0. The van der Waals surface area contributed by atoms with Gasteiger partial charge in [0.15, 0.2) is 0 Å². The maximum atomic E-state index is 12.1. The molecule has 0 bridgehead atoms. The van der Waals surface area contributed by atoms with Crippen LogP contribution in [0.4, 0.5) is 5.69 Å². The number of aromatic hydroxyl groups is 1. The van der Waals surface area contributed by atoms with Crippen LogP contribution in [-0.2, 0) is 4.79 Å². The van der Waals surface area contributed by atoms with Gasteiger partial charge in [0, 0.05) is 12.1 Å². The van der Waals surface area contributed by atoms with Crippen LogP contribution in [0.1, 0.15) is 37.8 Å². The summed E-state index contributed by atoms with van der Waals surface area (Å²) in [5.41, 5.74) is 8.09. The highest BCUT2D eigenvalue weighted by Gasteiger charge is 2.15. The first kappa shape index (κ1) is 16.5. The van der Waals surface area contributed by atoms with Gasteiger partial charge in [0.25, 0.3) is 0 Å². The Morgan fingerprint density at radius 1 is 1.30 bits per heavy atom. The van der Waals surface area contributed by atoms with Crippen LogP contribution in [0.25, 0.3) is 0 Å². The van der Waals surface area contributed by atoms with Crippen molar-refractivity contribution in [2.75, 3.05) is 11.9 Å². The van der Waals surface area contributed by atoms with Crippen molar-refractivity contribution in [3.05, 3.63) is 23.3 Å². The van der Waals surface area contributed by atoms with Gasteiger partial charge in [-0.15, -0.1) is 0 Å². The summed E-state index contributed by atoms with van der Waals surface area (Å²) in [6, 6.07) is 3.46. The molecule has 1 amide bonds. The Morgan fingerprint density at radius 2 is 1.95 bits per heavy atom. The number of phenols is 1. The monoisotopic (exact) mass is 278 g/mol. The first-order chi connectivity index (χ1) is 9.33. The molecule has 0 aliphatic rings. The molecule has 0 fully saturated rings. The number of hydrogen-bond acceptors (Lipinski definition) is 3. The minimum absolute atomic E-state index is 0.0192. The van der Waals surface area contributed by atoms with Crippen molar-refractivity contribution in [1.29, 1.82) is 0 Å². The standard InChI is InChI=1S/C16H26N2O2/c1-10(2)5-13(9-17)8-16(20)18-14-6-12(4)15(19)7-11(14)3/h6-7,10,13,19H,5,8-9,17H2,1-4H3,(H,18,20). The highest BCUT2D eigenvalue weighted by atomic mass is 16.3. The molecule has 0 spiro atoms. The Bertz CT molecular complexity index is 470. The van der Waals surface area contributed by atoms with E-state index in [4.69, 9.17) is 5.73 Å². The van der Waals surface area contributed by atoms with Gasteiger partial charge < -0.3 is 16.2 Å². The number of anilines is 1. The van der Waals surface area contributed by atoms with E-state index in [1.807, 2.05) is 13.8 Å². The van der Waals surface area contributed by atoms with E-state index in [0.717, 1.165) is 23.2 Å². The van der Waals surface area contributed by atoms with Crippen LogP contribution < -0.4 is 11.1 Å². The molecule has 20 heavy (non-hydrogen) atoms. The average molecular weight is 278 g/mol. The molecule has 1 unspecified atom stereocenters. The Morgan fingerprint density at radius 3 is 2.50 bits per heavy atom. The number of hydrogen-bond donors (Lipinski definition) is 3. The molecule has 0 aliphatic carbocycles. The molecule has 1 rings (SSSR count). The number of rotatable bonds is 6. The quantitative estimate of drug-likeness (QED) is 0.700. The number of nitrogens with one attached hydrogen (secondary N) is 1. The average Bonchev–Trinajstić information content (AvgIpc) is 2.34. The first-order valence-corrected chi connectivity index (χ1v) is 7.13. The predicted molar refractivity (Wildman–Crippen MR) is 82.8 cm³/mol. The molecule has 1 aromatic rings. The third-order valence-corrected chi connectivity index (χ3v) is 3.43. The molecular weight excluding hydrogens is 252 g/mol. The second kappa shape index (κ2) is 7.29. The number of phenolic OH excluding ortho intramolecular Hbond substituents is 1. The molecule has 0 heterocycles. The van der Waals surface area contributed by atoms with E-state index in [9.17, 15) is 9.90 Å². The number of benzene rings is 1. The molecule has 0 saturated carbocycles. The first-order valence-electron chi connectivity index (χ1n) is 7.13. The molecule has 0 saturated heterocycles. The number of carbonyl (C=O) groups excluding carboxylic acids is 1. The Balaban J connectivity index is 2.68. The van der Waals surface area contributed by atoms with Gasteiger partial charge in [-0.3, -0.25) is 4.79 Å². The lowest BCUT2D eigenvalue weighted by Gasteiger charge is -2.17. The molecule has 0 aliphatic heterocycles. The molecule has 0 radical (unpaired) electrons. The van der Waals surface area contributed by atoms with Gasteiger partial charge >= 0.3 is 0 Å². The van der Waals surface area contributed by atoms with E-state index < -0.39 is 0 Å².